The zero-order valence-electron chi connectivity index (χ0n) is 32.1. The molecule has 1 saturated heterocycles. The van der Waals surface area contributed by atoms with E-state index in [1.165, 1.54) is 34.1 Å². The van der Waals surface area contributed by atoms with Gasteiger partial charge >= 0.3 is 17.9 Å². The zero-order chi connectivity index (χ0) is 38.6. The van der Waals surface area contributed by atoms with Crippen molar-refractivity contribution < 1.29 is 62.5 Å². The molecule has 14 nitrogen and oxygen atoms in total. The van der Waals surface area contributed by atoms with Crippen LogP contribution < -0.4 is 0 Å². The maximum Gasteiger partial charge on any atom is 0.308 e. The highest BCUT2D eigenvalue weighted by Crippen LogP contribution is 2.37. The summed E-state index contributed by atoms with van der Waals surface area (Å²) < 4.78 is 41.5. The van der Waals surface area contributed by atoms with Gasteiger partial charge in [0.15, 0.2) is 24.5 Å². The molecule has 0 aromatic carbocycles. The van der Waals surface area contributed by atoms with Gasteiger partial charge in [0.05, 0.1) is 37.4 Å². The van der Waals surface area contributed by atoms with Crippen LogP contribution in [0.1, 0.15) is 74.1 Å². The van der Waals surface area contributed by atoms with Crippen molar-refractivity contribution in [2.45, 2.75) is 129 Å². The average Bonchev–Trinajstić information content (AvgIpc) is 3.06. The van der Waals surface area contributed by atoms with E-state index in [4.69, 9.17) is 33.2 Å². The molecule has 292 valence electrons. The SMILES string of the molecule is CCC1OC(=O)CC(O)C(C)C(O[C@@H]2O[C@H](C)[C@@H](OC(C)=O)[C@H](N(C)C)[C@H]2OC(C)=O)C(CC(OC)OC)CC(C)C(=O)/C=C/C(C)=C/C1CO. The molecule has 0 spiro atoms. The van der Waals surface area contributed by atoms with Crippen LogP contribution in [0.15, 0.2) is 23.8 Å². The lowest BCUT2D eigenvalue weighted by Gasteiger charge is -2.48. The Morgan fingerprint density at radius 2 is 1.61 bits per heavy atom. The quantitative estimate of drug-likeness (QED) is 0.180. The summed E-state index contributed by atoms with van der Waals surface area (Å²) in [4.78, 5) is 53.2. The number of methoxy groups -OCH3 is 2. The highest BCUT2D eigenvalue weighted by atomic mass is 16.7. The number of carbonyl (C=O) groups is 4. The molecule has 2 aliphatic rings. The topological polar surface area (TPSA) is 177 Å². The largest absolute Gasteiger partial charge is 0.462 e. The van der Waals surface area contributed by atoms with E-state index in [1.807, 2.05) is 6.92 Å². The van der Waals surface area contributed by atoms with E-state index in [-0.39, 0.29) is 31.7 Å². The van der Waals surface area contributed by atoms with Crippen molar-refractivity contribution in [3.05, 3.63) is 23.8 Å². The number of ketones is 1. The number of hydrogen-bond acceptors (Lipinski definition) is 14. The Balaban J connectivity index is 2.73. The van der Waals surface area contributed by atoms with Gasteiger partial charge in [-0.2, -0.15) is 0 Å². The second-order valence-electron chi connectivity index (χ2n) is 14.0. The summed E-state index contributed by atoms with van der Waals surface area (Å²) in [5, 5.41) is 21.8. The van der Waals surface area contributed by atoms with Crippen LogP contribution in [0, 0.1) is 23.7 Å². The van der Waals surface area contributed by atoms with Crippen molar-refractivity contribution in [1.82, 2.24) is 4.90 Å². The fourth-order valence-corrected chi connectivity index (χ4v) is 6.97. The molecule has 0 aromatic rings. The molecule has 2 aliphatic heterocycles. The number of likely N-dealkylation sites (N-methyl/N-ethyl adjacent to an activating group) is 1. The first-order valence-electron chi connectivity index (χ1n) is 17.7. The molecule has 2 N–H and O–H groups in total. The molecule has 2 rings (SSSR count). The Hall–Kier alpha value is -2.72. The van der Waals surface area contributed by atoms with Gasteiger partial charge in [0.1, 0.15) is 12.2 Å². The monoisotopic (exact) mass is 727 g/mol. The summed E-state index contributed by atoms with van der Waals surface area (Å²) in [5.41, 5.74) is 0.712. The molecule has 0 saturated carbocycles. The smallest absolute Gasteiger partial charge is 0.308 e. The highest BCUT2D eigenvalue weighted by Gasteiger charge is 2.51. The van der Waals surface area contributed by atoms with E-state index < -0.39 is 96.8 Å². The number of hydrogen-bond donors (Lipinski definition) is 2. The van der Waals surface area contributed by atoms with E-state index in [0.717, 1.165) is 0 Å². The second-order valence-corrected chi connectivity index (χ2v) is 14.0. The second kappa shape index (κ2) is 21.1. The van der Waals surface area contributed by atoms with Crippen LogP contribution in [0.25, 0.3) is 0 Å². The molecule has 0 aliphatic carbocycles. The number of allylic oxidation sites excluding steroid dienone is 3. The first kappa shape index (κ1) is 44.4. The minimum absolute atomic E-state index is 0.158. The summed E-state index contributed by atoms with van der Waals surface area (Å²) in [7, 11) is 6.49. The van der Waals surface area contributed by atoms with Gasteiger partial charge < -0.3 is 43.4 Å². The molecule has 51 heavy (non-hydrogen) atoms. The Kier molecular flexibility index (Phi) is 18.4. The summed E-state index contributed by atoms with van der Waals surface area (Å²) in [6.45, 7) is 11.1. The molecule has 14 heteroatoms. The van der Waals surface area contributed by atoms with E-state index in [2.05, 4.69) is 0 Å². The molecule has 2 heterocycles. The minimum Gasteiger partial charge on any atom is -0.462 e. The fourth-order valence-electron chi connectivity index (χ4n) is 6.97. The van der Waals surface area contributed by atoms with Crippen LogP contribution in [0.3, 0.4) is 0 Å². The molecule has 0 radical (unpaired) electrons. The third-order valence-corrected chi connectivity index (χ3v) is 9.73. The van der Waals surface area contributed by atoms with Crippen molar-refractivity contribution in [2.24, 2.45) is 23.7 Å². The zero-order valence-corrected chi connectivity index (χ0v) is 32.1. The van der Waals surface area contributed by atoms with Crippen molar-refractivity contribution in [3.63, 3.8) is 0 Å². The van der Waals surface area contributed by atoms with Crippen molar-refractivity contribution >= 4 is 23.7 Å². The van der Waals surface area contributed by atoms with Crippen molar-refractivity contribution in [1.29, 1.82) is 0 Å². The number of nitrogens with zero attached hydrogens (tertiary/aromatic N) is 1. The third kappa shape index (κ3) is 13.0. The van der Waals surface area contributed by atoms with E-state index in [1.54, 1.807) is 58.8 Å². The summed E-state index contributed by atoms with van der Waals surface area (Å²) in [6.07, 6.45) is -2.03. The van der Waals surface area contributed by atoms with Gasteiger partial charge in [-0.05, 0) is 52.8 Å². The number of aliphatic hydroxyl groups is 2. The molecule has 1 fully saturated rings. The first-order chi connectivity index (χ1) is 24.0. The molecule has 12 atom stereocenters. The van der Waals surface area contributed by atoms with Crippen LogP contribution in [0.5, 0.6) is 0 Å². The van der Waals surface area contributed by atoms with Crippen molar-refractivity contribution in [3.8, 4) is 0 Å². The molecule has 7 unspecified atom stereocenters. The number of ether oxygens (including phenoxy) is 7. The van der Waals surface area contributed by atoms with Crippen LogP contribution >= 0.6 is 0 Å². The van der Waals surface area contributed by atoms with Crippen LogP contribution in [0.4, 0.5) is 0 Å². The Morgan fingerprint density at radius 3 is 2.14 bits per heavy atom. The summed E-state index contributed by atoms with van der Waals surface area (Å²) >= 11 is 0. The third-order valence-electron chi connectivity index (χ3n) is 9.73. The van der Waals surface area contributed by atoms with E-state index in [0.29, 0.717) is 12.0 Å². The standard InChI is InChI=1S/C37H61NO13/c1-12-30-27(19-39)15-20(2)13-14-28(42)21(3)16-26(17-32(45-10)46-11)34(22(4)29(43)18-31(44)50-30)51-37-36(49-25(7)41)33(38(8)9)35(23(5)47-37)48-24(6)40/h13-15,21-23,26-27,29-30,32-37,39,43H,12,16-19H2,1-11H3/b14-13+,20-15+/t21?,22?,23-,26?,27?,29?,30?,33+,34?,35-,36-,37+/m1/s1. The van der Waals surface area contributed by atoms with E-state index in [9.17, 15) is 29.4 Å². The Labute approximate surface area is 302 Å². The van der Waals surface area contributed by atoms with Gasteiger partial charge in [-0.25, -0.2) is 0 Å². The number of carbonyl (C=O) groups excluding carboxylic acids is 4. The van der Waals surface area contributed by atoms with E-state index >= 15 is 0 Å². The lowest BCUT2D eigenvalue weighted by Crippen LogP contribution is -2.65. The predicted octanol–water partition coefficient (Wildman–Crippen LogP) is 2.96. The summed E-state index contributed by atoms with van der Waals surface area (Å²) in [5.74, 6) is -4.34. The number of rotatable bonds is 11. The normalized spacial score (nSPS) is 36.3. The van der Waals surface area contributed by atoms with Crippen LogP contribution in [-0.4, -0.2) is 129 Å². The minimum atomic E-state index is -1.29. The molecule has 0 bridgehead atoms. The Morgan fingerprint density at radius 1 is 1.00 bits per heavy atom. The number of esters is 3. The molecular formula is C37H61NO13. The van der Waals surface area contributed by atoms with Crippen molar-refractivity contribution in [2.75, 3.05) is 34.9 Å². The molecule has 0 aromatic heterocycles. The Bertz CT molecular complexity index is 1200. The van der Waals surface area contributed by atoms with Gasteiger partial charge in [-0.1, -0.05) is 38.5 Å². The number of cyclic esters (lactones) is 1. The van der Waals surface area contributed by atoms with Gasteiger partial charge in [0, 0.05) is 52.2 Å². The van der Waals surface area contributed by atoms with Gasteiger partial charge in [-0.3, -0.25) is 24.1 Å². The van der Waals surface area contributed by atoms with Crippen LogP contribution in [-0.2, 0) is 52.3 Å². The van der Waals surface area contributed by atoms with Gasteiger partial charge in [0.2, 0.25) is 0 Å². The average molecular weight is 728 g/mol. The molecular weight excluding hydrogens is 666 g/mol. The molecule has 0 amide bonds. The maximum atomic E-state index is 13.5. The fraction of sp³-hybridized carbons (Fsp3) is 0.784. The van der Waals surface area contributed by atoms with Gasteiger partial charge in [0.25, 0.3) is 0 Å². The highest BCUT2D eigenvalue weighted by molar-refractivity contribution is 5.91. The lowest BCUT2D eigenvalue weighted by atomic mass is 9.79. The van der Waals surface area contributed by atoms with Gasteiger partial charge in [-0.15, -0.1) is 0 Å². The summed E-state index contributed by atoms with van der Waals surface area (Å²) in [6, 6.07) is -0.690. The maximum absolute atomic E-state index is 13.5. The lowest BCUT2D eigenvalue weighted by molar-refractivity contribution is -0.309. The first-order valence-corrected chi connectivity index (χ1v) is 17.7. The predicted molar refractivity (Wildman–Crippen MR) is 186 cm³/mol. The number of aliphatic hydroxyl groups excluding tert-OH is 2. The van der Waals surface area contributed by atoms with Crippen LogP contribution in [0.2, 0.25) is 0 Å².